The van der Waals surface area contributed by atoms with E-state index in [0.717, 1.165) is 11.1 Å². The van der Waals surface area contributed by atoms with Crippen LogP contribution in [0.3, 0.4) is 0 Å². The van der Waals surface area contributed by atoms with Crippen molar-refractivity contribution >= 4 is 15.9 Å². The first-order chi connectivity index (χ1) is 13.1. The second kappa shape index (κ2) is 7.67. The van der Waals surface area contributed by atoms with E-state index >= 15 is 0 Å². The number of carbonyl (C=O) groups excluding carboxylic acids is 1. The molecule has 2 heterocycles. The van der Waals surface area contributed by atoms with Crippen LogP contribution in [0.15, 0.2) is 33.7 Å². The highest BCUT2D eigenvalue weighted by molar-refractivity contribution is 7.89. The molecular weight excluding hydrogens is 378 g/mol. The molecule has 7 nitrogen and oxygen atoms in total. The van der Waals surface area contributed by atoms with E-state index in [-0.39, 0.29) is 23.1 Å². The summed E-state index contributed by atoms with van der Waals surface area (Å²) in [5.74, 6) is 0.142. The molecule has 0 bridgehead atoms. The molecule has 1 aromatic heterocycles. The second-order valence-corrected chi connectivity index (χ2v) is 9.64. The zero-order valence-electron chi connectivity index (χ0n) is 16.8. The summed E-state index contributed by atoms with van der Waals surface area (Å²) in [5.41, 5.74) is 1.72. The Labute approximate surface area is 166 Å². The summed E-state index contributed by atoms with van der Waals surface area (Å²) in [6.07, 6.45) is 1.26. The molecule has 1 aromatic carbocycles. The molecular formula is C20H27N3O4S. The third-order valence-electron chi connectivity index (χ3n) is 5.48. The highest BCUT2D eigenvalue weighted by Gasteiger charge is 2.43. The van der Waals surface area contributed by atoms with Crippen LogP contribution in [0.25, 0.3) is 0 Å². The highest BCUT2D eigenvalue weighted by Crippen LogP contribution is 2.34. The second-order valence-electron chi connectivity index (χ2n) is 7.77. The van der Waals surface area contributed by atoms with Crippen LogP contribution in [0.2, 0.25) is 0 Å². The molecule has 2 aromatic rings. The molecule has 3 rings (SSSR count). The van der Waals surface area contributed by atoms with Gasteiger partial charge < -0.3 is 9.84 Å². The summed E-state index contributed by atoms with van der Waals surface area (Å²) in [6.45, 7) is 7.98. The maximum atomic E-state index is 13.1. The average molecular weight is 406 g/mol. The Morgan fingerprint density at radius 3 is 2.64 bits per heavy atom. The van der Waals surface area contributed by atoms with Gasteiger partial charge in [-0.1, -0.05) is 29.4 Å². The first kappa shape index (κ1) is 20.5. The quantitative estimate of drug-likeness (QED) is 0.826. The summed E-state index contributed by atoms with van der Waals surface area (Å²) < 4.78 is 32.7. The van der Waals surface area contributed by atoms with Crippen LogP contribution in [0.5, 0.6) is 0 Å². The van der Waals surface area contributed by atoms with E-state index in [1.165, 1.54) is 4.31 Å². The van der Waals surface area contributed by atoms with E-state index in [1.54, 1.807) is 13.8 Å². The zero-order valence-corrected chi connectivity index (χ0v) is 17.6. The molecule has 0 radical (unpaired) electrons. The van der Waals surface area contributed by atoms with Crippen LogP contribution in [-0.2, 0) is 21.4 Å². The molecule has 1 amide bonds. The lowest BCUT2D eigenvalue weighted by atomic mass is 9.82. The largest absolute Gasteiger partial charge is 0.360 e. The molecule has 1 aliphatic rings. The predicted octanol–water partition coefficient (Wildman–Crippen LogP) is 2.71. The number of aromatic nitrogens is 1. The number of hydrogen-bond acceptors (Lipinski definition) is 5. The Kier molecular flexibility index (Phi) is 5.63. The number of rotatable bonds is 5. The van der Waals surface area contributed by atoms with E-state index in [1.807, 2.05) is 38.1 Å². The molecule has 1 aliphatic heterocycles. The number of nitrogens with one attached hydrogen (secondary N) is 1. The summed E-state index contributed by atoms with van der Waals surface area (Å²) >= 11 is 0. The van der Waals surface area contributed by atoms with Gasteiger partial charge in [0.1, 0.15) is 10.6 Å². The van der Waals surface area contributed by atoms with Gasteiger partial charge in [-0.2, -0.15) is 4.31 Å². The number of benzene rings is 1. The molecule has 1 N–H and O–H groups in total. The molecule has 152 valence electrons. The Morgan fingerprint density at radius 2 is 2.00 bits per heavy atom. The Hall–Kier alpha value is -2.19. The normalized spacial score (nSPS) is 20.9. The van der Waals surface area contributed by atoms with E-state index in [0.29, 0.717) is 31.6 Å². The molecule has 1 saturated heterocycles. The SMILES string of the molecule is Cc1ccccc1CNC(=O)C1(C)CCCN(S(=O)(=O)c2c(C)noc2C)C1. The summed E-state index contributed by atoms with van der Waals surface area (Å²) in [6, 6.07) is 7.88. The fourth-order valence-electron chi connectivity index (χ4n) is 3.75. The number of aryl methyl sites for hydroxylation is 3. The topological polar surface area (TPSA) is 92.5 Å². The van der Waals surface area contributed by atoms with Gasteiger partial charge in [0.15, 0.2) is 5.76 Å². The molecule has 0 saturated carbocycles. The van der Waals surface area contributed by atoms with Crippen molar-refractivity contribution in [3.8, 4) is 0 Å². The molecule has 1 atom stereocenters. The van der Waals surface area contributed by atoms with E-state index in [4.69, 9.17) is 4.52 Å². The van der Waals surface area contributed by atoms with Crippen molar-refractivity contribution in [2.45, 2.75) is 52.0 Å². The van der Waals surface area contributed by atoms with Crippen molar-refractivity contribution in [1.82, 2.24) is 14.8 Å². The maximum Gasteiger partial charge on any atom is 0.248 e. The Morgan fingerprint density at radius 1 is 1.29 bits per heavy atom. The van der Waals surface area contributed by atoms with Crippen LogP contribution in [0.1, 0.15) is 42.3 Å². The van der Waals surface area contributed by atoms with Crippen molar-refractivity contribution in [2.75, 3.05) is 13.1 Å². The van der Waals surface area contributed by atoms with Crippen LogP contribution in [0, 0.1) is 26.2 Å². The smallest absolute Gasteiger partial charge is 0.248 e. The van der Waals surface area contributed by atoms with Gasteiger partial charge in [-0.25, -0.2) is 8.42 Å². The lowest BCUT2D eigenvalue weighted by molar-refractivity contribution is -0.132. The molecule has 1 fully saturated rings. The fraction of sp³-hybridized carbons (Fsp3) is 0.500. The van der Waals surface area contributed by atoms with Gasteiger partial charge in [-0.3, -0.25) is 4.79 Å². The number of carbonyl (C=O) groups is 1. The van der Waals surface area contributed by atoms with Gasteiger partial charge in [0.25, 0.3) is 0 Å². The van der Waals surface area contributed by atoms with Crippen molar-refractivity contribution in [3.63, 3.8) is 0 Å². The third-order valence-corrected chi connectivity index (χ3v) is 7.57. The number of hydrogen-bond donors (Lipinski definition) is 1. The minimum absolute atomic E-state index is 0.108. The molecule has 28 heavy (non-hydrogen) atoms. The predicted molar refractivity (Wildman–Crippen MR) is 105 cm³/mol. The minimum Gasteiger partial charge on any atom is -0.360 e. The minimum atomic E-state index is -3.76. The van der Waals surface area contributed by atoms with Crippen molar-refractivity contribution in [2.24, 2.45) is 5.41 Å². The van der Waals surface area contributed by atoms with E-state index in [9.17, 15) is 13.2 Å². The molecule has 0 aliphatic carbocycles. The maximum absolute atomic E-state index is 13.1. The van der Waals surface area contributed by atoms with Crippen LogP contribution >= 0.6 is 0 Å². The lowest BCUT2D eigenvalue weighted by Crippen LogP contribution is -2.51. The Balaban J connectivity index is 1.76. The van der Waals surface area contributed by atoms with E-state index in [2.05, 4.69) is 10.5 Å². The van der Waals surface area contributed by atoms with Crippen molar-refractivity contribution in [3.05, 3.63) is 46.8 Å². The zero-order chi connectivity index (χ0) is 20.5. The van der Waals surface area contributed by atoms with Gasteiger partial charge in [-0.05, 0) is 51.7 Å². The number of sulfonamides is 1. The Bertz CT molecular complexity index is 964. The lowest BCUT2D eigenvalue weighted by Gasteiger charge is -2.38. The van der Waals surface area contributed by atoms with Gasteiger partial charge in [-0.15, -0.1) is 0 Å². The standard InChI is InChI=1S/C20H27N3O4S/c1-14-8-5-6-9-17(14)12-21-19(24)20(4)10-7-11-23(13-20)28(25,26)18-15(2)22-27-16(18)3/h5-6,8-9H,7,10-13H2,1-4H3,(H,21,24). The van der Waals surface area contributed by atoms with Gasteiger partial charge in [0, 0.05) is 19.6 Å². The number of piperidine rings is 1. The van der Waals surface area contributed by atoms with Crippen LogP contribution < -0.4 is 5.32 Å². The summed E-state index contributed by atoms with van der Waals surface area (Å²) in [4.78, 5) is 13.0. The highest BCUT2D eigenvalue weighted by atomic mass is 32.2. The first-order valence-electron chi connectivity index (χ1n) is 9.41. The molecule has 8 heteroatoms. The van der Waals surface area contributed by atoms with Gasteiger partial charge in [0.2, 0.25) is 15.9 Å². The number of amides is 1. The first-order valence-corrected chi connectivity index (χ1v) is 10.8. The van der Waals surface area contributed by atoms with Crippen LogP contribution in [-0.4, -0.2) is 36.9 Å². The van der Waals surface area contributed by atoms with Crippen molar-refractivity contribution in [1.29, 1.82) is 0 Å². The summed E-state index contributed by atoms with van der Waals surface area (Å²) in [7, 11) is -3.76. The molecule has 0 spiro atoms. The van der Waals surface area contributed by atoms with Crippen LogP contribution in [0.4, 0.5) is 0 Å². The van der Waals surface area contributed by atoms with Gasteiger partial charge in [0.05, 0.1) is 5.41 Å². The fourth-order valence-corrected chi connectivity index (χ4v) is 5.65. The van der Waals surface area contributed by atoms with E-state index < -0.39 is 15.4 Å². The average Bonchev–Trinajstić information content (AvgIpc) is 3.00. The van der Waals surface area contributed by atoms with Crippen molar-refractivity contribution < 1.29 is 17.7 Å². The van der Waals surface area contributed by atoms with Gasteiger partial charge >= 0.3 is 0 Å². The summed E-state index contributed by atoms with van der Waals surface area (Å²) in [5, 5.41) is 6.75. The molecule has 1 unspecified atom stereocenters. The third kappa shape index (κ3) is 3.84. The number of nitrogens with zero attached hydrogens (tertiary/aromatic N) is 2. The monoisotopic (exact) mass is 405 g/mol.